The highest BCUT2D eigenvalue weighted by molar-refractivity contribution is 7.08. The first-order chi connectivity index (χ1) is 15.0. The van der Waals surface area contributed by atoms with Gasteiger partial charge in [-0.3, -0.25) is 14.6 Å². The lowest BCUT2D eigenvalue weighted by Crippen LogP contribution is -2.47. The zero-order valence-corrected chi connectivity index (χ0v) is 18.7. The third-order valence-corrected chi connectivity index (χ3v) is 6.49. The van der Waals surface area contributed by atoms with E-state index in [1.54, 1.807) is 40.8 Å². The molecule has 160 valence electrons. The summed E-state index contributed by atoms with van der Waals surface area (Å²) in [6.07, 6.45) is 4.48. The maximum absolute atomic E-state index is 13.3. The fourth-order valence-electron chi connectivity index (χ4n) is 4.18. The van der Waals surface area contributed by atoms with Gasteiger partial charge in [-0.1, -0.05) is 24.3 Å². The van der Waals surface area contributed by atoms with Crippen molar-refractivity contribution in [3.8, 4) is 11.1 Å². The van der Waals surface area contributed by atoms with Crippen LogP contribution in [0.2, 0.25) is 0 Å². The molecule has 1 fully saturated rings. The van der Waals surface area contributed by atoms with E-state index in [9.17, 15) is 9.59 Å². The summed E-state index contributed by atoms with van der Waals surface area (Å²) >= 11 is 1.68. The fraction of sp³-hybridized carbons (Fsp3) is 0.320. The van der Waals surface area contributed by atoms with Crippen molar-refractivity contribution in [2.45, 2.75) is 32.7 Å². The number of benzene rings is 1. The van der Waals surface area contributed by atoms with Crippen LogP contribution >= 0.6 is 11.3 Å². The van der Waals surface area contributed by atoms with E-state index in [2.05, 4.69) is 51.4 Å². The molecule has 4 rings (SSSR count). The Hall–Kier alpha value is -2.99. The van der Waals surface area contributed by atoms with Crippen LogP contribution in [0.3, 0.4) is 0 Å². The monoisotopic (exact) mass is 433 g/mol. The van der Waals surface area contributed by atoms with Crippen LogP contribution in [-0.2, 0) is 11.2 Å². The predicted molar refractivity (Wildman–Crippen MR) is 124 cm³/mol. The number of nitrogens with one attached hydrogen (secondary N) is 1. The van der Waals surface area contributed by atoms with Gasteiger partial charge in [-0.05, 0) is 72.3 Å². The van der Waals surface area contributed by atoms with Gasteiger partial charge < -0.3 is 10.2 Å². The molecular weight excluding hydrogens is 406 g/mol. The van der Waals surface area contributed by atoms with Crippen LogP contribution in [0.5, 0.6) is 0 Å². The minimum absolute atomic E-state index is 0.0193. The number of carbonyl (C=O) groups excluding carboxylic acids is 2. The molecule has 0 saturated carbocycles. The molecule has 0 bridgehead atoms. The Morgan fingerprint density at radius 1 is 1.16 bits per heavy atom. The Bertz CT molecular complexity index is 1030. The van der Waals surface area contributed by atoms with E-state index >= 15 is 0 Å². The molecule has 3 heterocycles. The molecule has 6 heteroatoms. The number of likely N-dealkylation sites (tertiary alicyclic amines) is 1. The summed E-state index contributed by atoms with van der Waals surface area (Å²) in [4.78, 5) is 32.1. The molecule has 1 aliphatic heterocycles. The van der Waals surface area contributed by atoms with Crippen molar-refractivity contribution in [1.29, 1.82) is 0 Å². The zero-order valence-electron chi connectivity index (χ0n) is 17.9. The molecule has 1 unspecified atom stereocenters. The van der Waals surface area contributed by atoms with Crippen LogP contribution in [0, 0.1) is 5.41 Å². The smallest absolute Gasteiger partial charge is 0.255 e. The molecule has 0 radical (unpaired) electrons. The molecule has 1 aliphatic rings. The molecule has 2 aromatic heterocycles. The minimum Gasteiger partial charge on any atom is -0.353 e. The second kappa shape index (κ2) is 9.02. The van der Waals surface area contributed by atoms with Gasteiger partial charge in [-0.2, -0.15) is 11.3 Å². The number of rotatable bonds is 6. The number of amides is 2. The number of pyridine rings is 1. The summed E-state index contributed by atoms with van der Waals surface area (Å²) in [7, 11) is 0. The van der Waals surface area contributed by atoms with Crippen LogP contribution in [0.1, 0.15) is 36.2 Å². The SMILES string of the molecule is CC(C)NC(=O)C1(Cc2ccc(-c3ccsc3)cc2)CCN(C(=O)c2cccnc2)C1. The van der Waals surface area contributed by atoms with Crippen molar-refractivity contribution in [1.82, 2.24) is 15.2 Å². The van der Waals surface area contributed by atoms with Crippen LogP contribution in [0.4, 0.5) is 0 Å². The van der Waals surface area contributed by atoms with Gasteiger partial charge in [0.05, 0.1) is 11.0 Å². The van der Waals surface area contributed by atoms with Gasteiger partial charge in [0.2, 0.25) is 5.91 Å². The minimum atomic E-state index is -0.633. The summed E-state index contributed by atoms with van der Waals surface area (Å²) in [5, 5.41) is 7.29. The van der Waals surface area contributed by atoms with Gasteiger partial charge in [0.15, 0.2) is 0 Å². The van der Waals surface area contributed by atoms with Gasteiger partial charge in [-0.25, -0.2) is 0 Å². The number of hydrogen-bond donors (Lipinski definition) is 1. The van der Waals surface area contributed by atoms with Crippen LogP contribution in [-0.4, -0.2) is 40.8 Å². The third-order valence-electron chi connectivity index (χ3n) is 5.80. The Morgan fingerprint density at radius 3 is 2.61 bits per heavy atom. The molecule has 3 aromatic rings. The number of hydrogen-bond acceptors (Lipinski definition) is 4. The maximum atomic E-state index is 13.3. The van der Waals surface area contributed by atoms with Gasteiger partial charge in [0.1, 0.15) is 0 Å². The lowest BCUT2D eigenvalue weighted by molar-refractivity contribution is -0.130. The molecular formula is C25H27N3O2S. The lowest BCUT2D eigenvalue weighted by Gasteiger charge is -2.29. The van der Waals surface area contributed by atoms with Gasteiger partial charge in [0.25, 0.3) is 5.91 Å². The molecule has 31 heavy (non-hydrogen) atoms. The molecule has 2 amide bonds. The van der Waals surface area contributed by atoms with E-state index in [-0.39, 0.29) is 17.9 Å². The Labute approximate surface area is 187 Å². The van der Waals surface area contributed by atoms with Gasteiger partial charge in [0, 0.05) is 31.5 Å². The quantitative estimate of drug-likeness (QED) is 0.626. The zero-order chi connectivity index (χ0) is 21.8. The summed E-state index contributed by atoms with van der Waals surface area (Å²) in [6, 6.07) is 14.1. The van der Waals surface area contributed by atoms with Crippen molar-refractivity contribution >= 4 is 23.2 Å². The van der Waals surface area contributed by atoms with Gasteiger partial charge >= 0.3 is 0 Å². The molecule has 1 saturated heterocycles. The normalized spacial score (nSPS) is 18.4. The van der Waals surface area contributed by atoms with Crippen LogP contribution in [0.15, 0.2) is 65.6 Å². The highest BCUT2D eigenvalue weighted by Crippen LogP contribution is 2.36. The van der Waals surface area contributed by atoms with Gasteiger partial charge in [-0.15, -0.1) is 0 Å². The molecule has 1 aromatic carbocycles. The first kappa shape index (κ1) is 21.2. The fourth-order valence-corrected chi connectivity index (χ4v) is 4.84. The number of nitrogens with zero attached hydrogens (tertiary/aromatic N) is 2. The number of aromatic nitrogens is 1. The highest BCUT2D eigenvalue weighted by Gasteiger charge is 2.46. The second-order valence-electron chi connectivity index (χ2n) is 8.51. The van der Waals surface area contributed by atoms with Crippen molar-refractivity contribution in [3.05, 3.63) is 76.7 Å². The topological polar surface area (TPSA) is 62.3 Å². The van der Waals surface area contributed by atoms with Crippen molar-refractivity contribution in [3.63, 3.8) is 0 Å². The molecule has 0 aliphatic carbocycles. The standard InChI is InChI=1S/C25H27N3O2S/c1-18(2)27-24(30)25(10-12-28(17-25)23(29)21-4-3-11-26-15-21)14-19-5-7-20(8-6-19)22-9-13-31-16-22/h3-9,11,13,15-16,18H,10,12,14,17H2,1-2H3,(H,27,30). The van der Waals surface area contributed by atoms with Crippen molar-refractivity contribution in [2.24, 2.45) is 5.41 Å². The van der Waals surface area contributed by atoms with E-state index in [0.717, 1.165) is 5.56 Å². The predicted octanol–water partition coefficient (Wildman–Crippen LogP) is 4.41. The Balaban J connectivity index is 1.56. The Morgan fingerprint density at radius 2 is 1.97 bits per heavy atom. The van der Waals surface area contributed by atoms with E-state index in [0.29, 0.717) is 31.5 Å². The van der Waals surface area contributed by atoms with Crippen LogP contribution in [0.25, 0.3) is 11.1 Å². The summed E-state index contributed by atoms with van der Waals surface area (Å²) in [5.41, 5.74) is 3.41. The average molecular weight is 434 g/mol. The van der Waals surface area contributed by atoms with Crippen molar-refractivity contribution < 1.29 is 9.59 Å². The van der Waals surface area contributed by atoms with E-state index < -0.39 is 5.41 Å². The Kier molecular flexibility index (Phi) is 6.18. The summed E-state index contributed by atoms with van der Waals surface area (Å²) in [5.74, 6) is -0.0500. The third kappa shape index (κ3) is 4.69. The van der Waals surface area contributed by atoms with Crippen LogP contribution < -0.4 is 5.32 Å². The van der Waals surface area contributed by atoms with E-state index in [1.807, 2.05) is 13.8 Å². The molecule has 1 atom stereocenters. The lowest BCUT2D eigenvalue weighted by atomic mass is 9.79. The molecule has 5 nitrogen and oxygen atoms in total. The first-order valence-electron chi connectivity index (χ1n) is 10.6. The highest BCUT2D eigenvalue weighted by atomic mass is 32.1. The summed E-state index contributed by atoms with van der Waals surface area (Å²) < 4.78 is 0. The summed E-state index contributed by atoms with van der Waals surface area (Å²) in [6.45, 7) is 4.90. The molecule has 1 N–H and O–H groups in total. The van der Waals surface area contributed by atoms with E-state index in [1.165, 1.54) is 11.1 Å². The maximum Gasteiger partial charge on any atom is 0.255 e. The number of thiophene rings is 1. The van der Waals surface area contributed by atoms with E-state index in [4.69, 9.17) is 0 Å². The first-order valence-corrected chi connectivity index (χ1v) is 11.5. The van der Waals surface area contributed by atoms with Crippen molar-refractivity contribution in [2.75, 3.05) is 13.1 Å². The largest absolute Gasteiger partial charge is 0.353 e. The number of carbonyl (C=O) groups is 2. The second-order valence-corrected chi connectivity index (χ2v) is 9.29. The molecule has 0 spiro atoms. The average Bonchev–Trinajstić information content (AvgIpc) is 3.45.